The zero-order valence-electron chi connectivity index (χ0n) is 18.1. The fourth-order valence-corrected chi connectivity index (χ4v) is 3.25. The van der Waals surface area contributed by atoms with E-state index < -0.39 is 28.7 Å². The minimum atomic E-state index is -0.929. The van der Waals surface area contributed by atoms with Crippen molar-refractivity contribution in [1.29, 1.82) is 0 Å². The van der Waals surface area contributed by atoms with Gasteiger partial charge in [0.15, 0.2) is 0 Å². The van der Waals surface area contributed by atoms with Crippen LogP contribution in [0.1, 0.15) is 21.6 Å². The number of carbonyl (C=O) groups is 1. The Morgan fingerprint density at radius 2 is 1.82 bits per heavy atom. The molecule has 0 aliphatic carbocycles. The Hall–Kier alpha value is -4.60. The van der Waals surface area contributed by atoms with Gasteiger partial charge < -0.3 is 10.1 Å². The average Bonchev–Trinajstić information content (AvgIpc) is 2.87. The van der Waals surface area contributed by atoms with Gasteiger partial charge in [-0.2, -0.15) is 9.78 Å². The maximum absolute atomic E-state index is 14.3. The number of ether oxygens (including phenoxy) is 1. The Morgan fingerprint density at radius 3 is 2.50 bits per heavy atom. The number of nitrogens with one attached hydrogen (secondary N) is 1. The topological polar surface area (TPSA) is 108 Å². The lowest BCUT2D eigenvalue weighted by Crippen LogP contribution is -2.46. The monoisotopic (exact) mass is 461 g/mol. The van der Waals surface area contributed by atoms with E-state index in [0.29, 0.717) is 17.0 Å². The standard InChI is InChI=1S/C24H20FN5O4/c1-34-19-10-8-18(9-11-19)30-24(33)29(15-17-6-2-3-7-20(17)25)23(32)21(28-30)22(31)27-14-16-5-4-12-26-13-16/h2-13H,14-15H2,1H3,(H,27,31). The van der Waals surface area contributed by atoms with Crippen molar-refractivity contribution in [3.8, 4) is 11.4 Å². The number of hydrogen-bond donors (Lipinski definition) is 1. The fraction of sp³-hybridized carbons (Fsp3) is 0.125. The number of rotatable bonds is 7. The predicted octanol–water partition coefficient (Wildman–Crippen LogP) is 1.92. The van der Waals surface area contributed by atoms with Gasteiger partial charge in [-0.05, 0) is 42.0 Å². The van der Waals surface area contributed by atoms with Crippen LogP contribution in [0.2, 0.25) is 0 Å². The van der Waals surface area contributed by atoms with E-state index >= 15 is 0 Å². The molecular weight excluding hydrogens is 441 g/mol. The van der Waals surface area contributed by atoms with E-state index in [1.54, 1.807) is 54.9 Å². The molecule has 0 fully saturated rings. The van der Waals surface area contributed by atoms with Gasteiger partial charge >= 0.3 is 5.69 Å². The highest BCUT2D eigenvalue weighted by Crippen LogP contribution is 2.13. The highest BCUT2D eigenvalue weighted by atomic mass is 19.1. The third-order valence-electron chi connectivity index (χ3n) is 5.05. The number of nitrogens with zero attached hydrogens (tertiary/aromatic N) is 4. The van der Waals surface area contributed by atoms with Crippen molar-refractivity contribution < 1.29 is 13.9 Å². The van der Waals surface area contributed by atoms with Crippen molar-refractivity contribution in [2.75, 3.05) is 7.11 Å². The summed E-state index contributed by atoms with van der Waals surface area (Å²) in [6.07, 6.45) is 3.17. The second-order valence-corrected chi connectivity index (χ2v) is 7.27. The second-order valence-electron chi connectivity index (χ2n) is 7.27. The van der Waals surface area contributed by atoms with Gasteiger partial charge in [-0.25, -0.2) is 9.18 Å². The summed E-state index contributed by atoms with van der Waals surface area (Å²) in [6, 6.07) is 15.6. The van der Waals surface area contributed by atoms with E-state index in [-0.39, 0.29) is 18.7 Å². The molecule has 0 bridgehead atoms. The molecule has 0 unspecified atom stereocenters. The van der Waals surface area contributed by atoms with Crippen LogP contribution in [0, 0.1) is 5.82 Å². The molecule has 0 aliphatic rings. The van der Waals surface area contributed by atoms with Crippen molar-refractivity contribution in [2.24, 2.45) is 0 Å². The first-order valence-electron chi connectivity index (χ1n) is 10.3. The van der Waals surface area contributed by atoms with Crippen molar-refractivity contribution in [3.05, 3.63) is 117 Å². The fourth-order valence-electron chi connectivity index (χ4n) is 3.25. The van der Waals surface area contributed by atoms with Gasteiger partial charge in [0, 0.05) is 24.5 Å². The Morgan fingerprint density at radius 1 is 1.06 bits per heavy atom. The zero-order valence-corrected chi connectivity index (χ0v) is 18.1. The SMILES string of the molecule is COc1ccc(-n2nc(C(=O)NCc3cccnc3)c(=O)n(Cc3ccccc3F)c2=O)cc1. The van der Waals surface area contributed by atoms with E-state index in [1.165, 1.54) is 25.3 Å². The van der Waals surface area contributed by atoms with Gasteiger partial charge in [-0.3, -0.25) is 19.1 Å². The molecular formula is C24H20FN5O4. The zero-order chi connectivity index (χ0) is 24.1. The molecule has 0 saturated heterocycles. The molecule has 4 aromatic rings. The molecule has 172 valence electrons. The van der Waals surface area contributed by atoms with Crippen LogP contribution in [-0.4, -0.2) is 32.3 Å². The normalized spacial score (nSPS) is 10.6. The maximum atomic E-state index is 14.3. The van der Waals surface area contributed by atoms with Gasteiger partial charge in [0.1, 0.15) is 11.6 Å². The quantitative estimate of drug-likeness (QED) is 0.451. The third-order valence-corrected chi connectivity index (χ3v) is 5.05. The van der Waals surface area contributed by atoms with Gasteiger partial charge in [-0.15, -0.1) is 0 Å². The van der Waals surface area contributed by atoms with Crippen molar-refractivity contribution in [2.45, 2.75) is 13.1 Å². The summed E-state index contributed by atoms with van der Waals surface area (Å²) >= 11 is 0. The van der Waals surface area contributed by atoms with Gasteiger partial charge in [0.2, 0.25) is 5.69 Å². The Kier molecular flexibility index (Phi) is 6.58. The number of aromatic nitrogens is 4. The van der Waals surface area contributed by atoms with E-state index in [0.717, 1.165) is 9.25 Å². The molecule has 4 rings (SSSR count). The molecule has 2 heterocycles. The smallest absolute Gasteiger partial charge is 0.352 e. The van der Waals surface area contributed by atoms with Gasteiger partial charge in [0.05, 0.1) is 19.3 Å². The molecule has 0 radical (unpaired) electrons. The van der Waals surface area contributed by atoms with Crippen LogP contribution in [0.3, 0.4) is 0 Å². The average molecular weight is 461 g/mol. The van der Waals surface area contributed by atoms with E-state index in [9.17, 15) is 18.8 Å². The van der Waals surface area contributed by atoms with Crippen LogP contribution in [0.4, 0.5) is 4.39 Å². The molecule has 2 aromatic heterocycles. The third kappa shape index (κ3) is 4.75. The molecule has 0 saturated carbocycles. The minimum Gasteiger partial charge on any atom is -0.497 e. The minimum absolute atomic E-state index is 0.1000. The lowest BCUT2D eigenvalue weighted by Gasteiger charge is -2.13. The Balaban J connectivity index is 1.79. The molecule has 2 aromatic carbocycles. The second kappa shape index (κ2) is 9.90. The lowest BCUT2D eigenvalue weighted by atomic mass is 10.2. The summed E-state index contributed by atoms with van der Waals surface area (Å²) in [6.45, 7) is -0.269. The lowest BCUT2D eigenvalue weighted by molar-refractivity contribution is 0.0941. The molecule has 0 atom stereocenters. The first-order valence-corrected chi connectivity index (χ1v) is 10.3. The summed E-state index contributed by atoms with van der Waals surface area (Å²) < 4.78 is 21.1. The summed E-state index contributed by atoms with van der Waals surface area (Å²) in [5, 5.41) is 6.65. The van der Waals surface area contributed by atoms with Crippen molar-refractivity contribution >= 4 is 5.91 Å². The summed E-state index contributed by atoms with van der Waals surface area (Å²) in [4.78, 5) is 43.2. The predicted molar refractivity (Wildman–Crippen MR) is 122 cm³/mol. The Labute approximate surface area is 193 Å². The van der Waals surface area contributed by atoms with Crippen LogP contribution < -0.4 is 21.3 Å². The van der Waals surface area contributed by atoms with E-state index in [1.807, 2.05) is 0 Å². The van der Waals surface area contributed by atoms with E-state index in [4.69, 9.17) is 4.74 Å². The van der Waals surface area contributed by atoms with Gasteiger partial charge in [-0.1, -0.05) is 24.3 Å². The molecule has 1 N–H and O–H groups in total. The number of carbonyl (C=O) groups excluding carboxylic acids is 1. The maximum Gasteiger partial charge on any atom is 0.352 e. The number of hydrogen-bond acceptors (Lipinski definition) is 6. The number of halogens is 1. The van der Waals surface area contributed by atoms with E-state index in [2.05, 4.69) is 15.4 Å². The van der Waals surface area contributed by atoms with Crippen LogP contribution in [-0.2, 0) is 13.1 Å². The number of methoxy groups -OCH3 is 1. The molecule has 0 aliphatic heterocycles. The Bertz CT molecular complexity index is 1430. The summed E-state index contributed by atoms with van der Waals surface area (Å²) in [5.41, 5.74) is -1.11. The first kappa shape index (κ1) is 22.6. The van der Waals surface area contributed by atoms with Crippen molar-refractivity contribution in [3.63, 3.8) is 0 Å². The molecule has 0 spiro atoms. The highest BCUT2D eigenvalue weighted by Gasteiger charge is 2.21. The molecule has 10 heteroatoms. The summed E-state index contributed by atoms with van der Waals surface area (Å²) in [7, 11) is 1.50. The van der Waals surface area contributed by atoms with Crippen LogP contribution in [0.5, 0.6) is 5.75 Å². The van der Waals surface area contributed by atoms with Crippen LogP contribution in [0.25, 0.3) is 5.69 Å². The largest absolute Gasteiger partial charge is 0.497 e. The molecule has 9 nitrogen and oxygen atoms in total. The van der Waals surface area contributed by atoms with Gasteiger partial charge in [0.25, 0.3) is 11.5 Å². The number of amides is 1. The molecule has 1 amide bonds. The van der Waals surface area contributed by atoms with Crippen LogP contribution in [0.15, 0.2) is 82.6 Å². The number of pyridine rings is 1. The van der Waals surface area contributed by atoms with Crippen LogP contribution >= 0.6 is 0 Å². The number of benzene rings is 2. The first-order chi connectivity index (χ1) is 16.5. The summed E-state index contributed by atoms with van der Waals surface area (Å²) in [5.74, 6) is -0.812. The molecule has 34 heavy (non-hydrogen) atoms. The highest BCUT2D eigenvalue weighted by molar-refractivity contribution is 5.91. The van der Waals surface area contributed by atoms with Crippen molar-refractivity contribution in [1.82, 2.24) is 24.6 Å².